The third-order valence-corrected chi connectivity index (χ3v) is 2.97. The molecule has 0 bridgehead atoms. The smallest absolute Gasteiger partial charge is 0.257 e. The second-order valence-electron chi connectivity index (χ2n) is 4.72. The molecule has 104 valence electrons. The molecule has 0 heterocycles. The molecule has 5 heteroatoms. The Kier molecular flexibility index (Phi) is 4.92. The number of phenols is 1. The van der Waals surface area contributed by atoms with E-state index in [4.69, 9.17) is 0 Å². The maximum atomic E-state index is 12.2. The second-order valence-corrected chi connectivity index (χ2v) is 4.72. The van der Waals surface area contributed by atoms with Crippen LogP contribution in [0.3, 0.4) is 0 Å². The summed E-state index contributed by atoms with van der Waals surface area (Å²) < 4.78 is 0. The summed E-state index contributed by atoms with van der Waals surface area (Å²) >= 11 is 0. The number of aryl methyl sites for hydroxylation is 1. The van der Waals surface area contributed by atoms with Crippen molar-refractivity contribution in [2.24, 2.45) is 5.92 Å². The van der Waals surface area contributed by atoms with Crippen LogP contribution in [0.15, 0.2) is 18.2 Å². The summed E-state index contributed by atoms with van der Waals surface area (Å²) in [6.45, 7) is 3.88. The largest absolute Gasteiger partial charge is 0.507 e. The molecular formula is C14H20N2O3. The number of rotatable bonds is 4. The second kappa shape index (κ2) is 6.22. The van der Waals surface area contributed by atoms with Crippen LogP contribution in [0.2, 0.25) is 0 Å². The van der Waals surface area contributed by atoms with Gasteiger partial charge in [0.1, 0.15) is 5.75 Å². The van der Waals surface area contributed by atoms with Crippen LogP contribution in [0.1, 0.15) is 22.8 Å². The van der Waals surface area contributed by atoms with E-state index in [0.29, 0.717) is 6.54 Å². The van der Waals surface area contributed by atoms with Gasteiger partial charge in [-0.25, -0.2) is 0 Å². The van der Waals surface area contributed by atoms with E-state index in [-0.39, 0.29) is 29.0 Å². The van der Waals surface area contributed by atoms with Crippen molar-refractivity contribution in [2.75, 3.05) is 20.6 Å². The fourth-order valence-corrected chi connectivity index (χ4v) is 1.85. The summed E-state index contributed by atoms with van der Waals surface area (Å²) in [6.07, 6.45) is 0. The van der Waals surface area contributed by atoms with Gasteiger partial charge in [-0.2, -0.15) is 0 Å². The van der Waals surface area contributed by atoms with Crippen molar-refractivity contribution >= 4 is 11.8 Å². The van der Waals surface area contributed by atoms with Gasteiger partial charge < -0.3 is 15.3 Å². The molecule has 1 aromatic carbocycles. The topological polar surface area (TPSA) is 69.6 Å². The van der Waals surface area contributed by atoms with Crippen molar-refractivity contribution in [3.8, 4) is 5.75 Å². The number of carbonyl (C=O) groups excluding carboxylic acids is 2. The first-order valence-electron chi connectivity index (χ1n) is 6.13. The molecule has 0 radical (unpaired) electrons. The van der Waals surface area contributed by atoms with Gasteiger partial charge >= 0.3 is 0 Å². The maximum Gasteiger partial charge on any atom is 0.257 e. The van der Waals surface area contributed by atoms with Crippen LogP contribution in [0, 0.1) is 12.8 Å². The zero-order valence-electron chi connectivity index (χ0n) is 11.7. The molecule has 1 unspecified atom stereocenters. The standard InChI is InChI=1S/C14H20N2O3/c1-9-5-6-11(12(17)7-9)14(19)16(4)8-10(2)13(18)15-3/h5-7,10,17H,8H2,1-4H3,(H,15,18). The van der Waals surface area contributed by atoms with Gasteiger partial charge in [-0.1, -0.05) is 13.0 Å². The Hall–Kier alpha value is -2.04. The lowest BCUT2D eigenvalue weighted by Crippen LogP contribution is -2.37. The van der Waals surface area contributed by atoms with Gasteiger partial charge in [0.25, 0.3) is 5.91 Å². The average molecular weight is 264 g/mol. The predicted molar refractivity (Wildman–Crippen MR) is 73.0 cm³/mol. The van der Waals surface area contributed by atoms with Crippen LogP contribution in [-0.2, 0) is 4.79 Å². The van der Waals surface area contributed by atoms with E-state index >= 15 is 0 Å². The van der Waals surface area contributed by atoms with Crippen molar-refractivity contribution in [3.05, 3.63) is 29.3 Å². The molecule has 0 aromatic heterocycles. The summed E-state index contributed by atoms with van der Waals surface area (Å²) in [6, 6.07) is 4.90. The molecule has 1 aromatic rings. The number of nitrogens with zero attached hydrogens (tertiary/aromatic N) is 1. The molecule has 0 saturated carbocycles. The lowest BCUT2D eigenvalue weighted by atomic mass is 10.1. The molecule has 2 N–H and O–H groups in total. The summed E-state index contributed by atoms with van der Waals surface area (Å²) in [5, 5.41) is 12.3. The van der Waals surface area contributed by atoms with E-state index in [0.717, 1.165) is 5.56 Å². The van der Waals surface area contributed by atoms with Gasteiger partial charge in [-0.15, -0.1) is 0 Å². The van der Waals surface area contributed by atoms with Crippen LogP contribution in [0.4, 0.5) is 0 Å². The first kappa shape index (κ1) is 15.0. The van der Waals surface area contributed by atoms with Crippen molar-refractivity contribution < 1.29 is 14.7 Å². The van der Waals surface area contributed by atoms with Crippen LogP contribution in [-0.4, -0.2) is 42.5 Å². The summed E-state index contributed by atoms with van der Waals surface area (Å²) in [7, 11) is 3.17. The Labute approximate surface area is 113 Å². The molecule has 0 aliphatic rings. The highest BCUT2D eigenvalue weighted by Gasteiger charge is 2.20. The van der Waals surface area contributed by atoms with E-state index in [2.05, 4.69) is 5.32 Å². The zero-order chi connectivity index (χ0) is 14.6. The predicted octanol–water partition coefficient (Wildman–Crippen LogP) is 1.15. The van der Waals surface area contributed by atoms with Crippen LogP contribution >= 0.6 is 0 Å². The first-order chi connectivity index (χ1) is 8.86. The minimum Gasteiger partial charge on any atom is -0.507 e. The Morgan fingerprint density at radius 3 is 2.58 bits per heavy atom. The Balaban J connectivity index is 2.79. The zero-order valence-corrected chi connectivity index (χ0v) is 11.7. The number of phenolic OH excluding ortho intramolecular Hbond substituents is 1. The molecule has 19 heavy (non-hydrogen) atoms. The van der Waals surface area contributed by atoms with Gasteiger partial charge in [0, 0.05) is 20.6 Å². The van der Waals surface area contributed by atoms with Crippen LogP contribution in [0.25, 0.3) is 0 Å². The molecule has 0 aliphatic carbocycles. The monoisotopic (exact) mass is 264 g/mol. The third kappa shape index (κ3) is 3.71. The molecule has 0 spiro atoms. The number of aromatic hydroxyl groups is 1. The molecule has 2 amide bonds. The van der Waals surface area contributed by atoms with Crippen LogP contribution < -0.4 is 5.32 Å². The van der Waals surface area contributed by atoms with Gasteiger partial charge in [0.15, 0.2) is 0 Å². The molecule has 0 saturated heterocycles. The lowest BCUT2D eigenvalue weighted by molar-refractivity contribution is -0.124. The third-order valence-electron chi connectivity index (χ3n) is 2.97. The number of amides is 2. The van der Waals surface area contributed by atoms with Gasteiger partial charge in [-0.3, -0.25) is 9.59 Å². The van der Waals surface area contributed by atoms with Crippen molar-refractivity contribution in [1.82, 2.24) is 10.2 Å². The fourth-order valence-electron chi connectivity index (χ4n) is 1.85. The lowest BCUT2D eigenvalue weighted by Gasteiger charge is -2.21. The van der Waals surface area contributed by atoms with E-state index in [1.807, 2.05) is 6.92 Å². The normalized spacial score (nSPS) is 11.8. The van der Waals surface area contributed by atoms with Crippen molar-refractivity contribution in [1.29, 1.82) is 0 Å². The number of benzene rings is 1. The molecule has 1 atom stereocenters. The molecule has 0 aliphatic heterocycles. The SMILES string of the molecule is CNC(=O)C(C)CN(C)C(=O)c1ccc(C)cc1O. The highest BCUT2D eigenvalue weighted by Crippen LogP contribution is 2.20. The Morgan fingerprint density at radius 2 is 2.05 bits per heavy atom. The minimum atomic E-state index is -0.299. The number of hydrogen-bond acceptors (Lipinski definition) is 3. The number of nitrogens with one attached hydrogen (secondary N) is 1. The quantitative estimate of drug-likeness (QED) is 0.857. The summed E-state index contributed by atoms with van der Waals surface area (Å²) in [4.78, 5) is 25.0. The van der Waals surface area contributed by atoms with E-state index in [9.17, 15) is 14.7 Å². The highest BCUT2D eigenvalue weighted by molar-refractivity contribution is 5.97. The van der Waals surface area contributed by atoms with E-state index < -0.39 is 0 Å². The summed E-state index contributed by atoms with van der Waals surface area (Å²) in [5.74, 6) is -0.753. The van der Waals surface area contributed by atoms with Gasteiger partial charge in [-0.05, 0) is 24.6 Å². The highest BCUT2D eigenvalue weighted by atomic mass is 16.3. The van der Waals surface area contributed by atoms with Gasteiger partial charge in [0.2, 0.25) is 5.91 Å². The first-order valence-corrected chi connectivity index (χ1v) is 6.13. The maximum absolute atomic E-state index is 12.2. The molecule has 0 fully saturated rings. The van der Waals surface area contributed by atoms with E-state index in [1.54, 1.807) is 39.2 Å². The number of carbonyl (C=O) groups is 2. The minimum absolute atomic E-state index is 0.0375. The van der Waals surface area contributed by atoms with Crippen LogP contribution in [0.5, 0.6) is 5.75 Å². The molecular weight excluding hydrogens is 244 g/mol. The van der Waals surface area contributed by atoms with Crippen molar-refractivity contribution in [3.63, 3.8) is 0 Å². The van der Waals surface area contributed by atoms with E-state index in [1.165, 1.54) is 4.90 Å². The Bertz CT molecular complexity index is 486. The molecule has 5 nitrogen and oxygen atoms in total. The summed E-state index contributed by atoms with van der Waals surface area (Å²) in [5.41, 5.74) is 1.13. The average Bonchev–Trinajstić information content (AvgIpc) is 2.36. The van der Waals surface area contributed by atoms with Gasteiger partial charge in [0.05, 0.1) is 11.5 Å². The molecule has 1 rings (SSSR count). The van der Waals surface area contributed by atoms with Crippen molar-refractivity contribution in [2.45, 2.75) is 13.8 Å². The number of hydrogen-bond donors (Lipinski definition) is 2. The Morgan fingerprint density at radius 1 is 1.42 bits per heavy atom. The fraction of sp³-hybridized carbons (Fsp3) is 0.429.